The number of carbonyl (C=O) groups excluding carboxylic acids is 1. The van der Waals surface area contributed by atoms with Crippen LogP contribution in [-0.2, 0) is 14.3 Å². The van der Waals surface area contributed by atoms with Crippen LogP contribution < -0.4 is 0 Å². The number of hydrogen-bond acceptors (Lipinski definition) is 3. The lowest BCUT2D eigenvalue weighted by atomic mass is 10.1. The number of hydrogen-bond donors (Lipinski definition) is 0. The van der Waals surface area contributed by atoms with Gasteiger partial charge >= 0.3 is 5.97 Å². The molecule has 0 saturated heterocycles. The minimum Gasteiger partial charge on any atom is -0.433 e. The zero-order valence-electron chi connectivity index (χ0n) is 11.1. The van der Waals surface area contributed by atoms with Gasteiger partial charge in [-0.1, -0.05) is 44.2 Å². The molecule has 0 amide bonds. The van der Waals surface area contributed by atoms with Crippen LogP contribution in [0.2, 0.25) is 0 Å². The van der Waals surface area contributed by atoms with Crippen molar-refractivity contribution in [3.05, 3.63) is 42.0 Å². The van der Waals surface area contributed by atoms with Gasteiger partial charge in [0.1, 0.15) is 0 Å². The van der Waals surface area contributed by atoms with Gasteiger partial charge in [-0.15, -0.1) is 0 Å². The Bertz CT molecular complexity index is 382. The van der Waals surface area contributed by atoms with Crippen LogP contribution in [0.5, 0.6) is 0 Å². The molecule has 1 aromatic rings. The van der Waals surface area contributed by atoms with Gasteiger partial charge in [0.2, 0.25) is 6.29 Å². The Morgan fingerprint density at radius 3 is 2.50 bits per heavy atom. The van der Waals surface area contributed by atoms with E-state index in [0.717, 1.165) is 5.56 Å². The zero-order valence-corrected chi connectivity index (χ0v) is 11.1. The van der Waals surface area contributed by atoms with Gasteiger partial charge in [0, 0.05) is 19.6 Å². The Morgan fingerprint density at radius 2 is 1.94 bits per heavy atom. The Hall–Kier alpha value is -1.61. The molecule has 98 valence electrons. The van der Waals surface area contributed by atoms with Crippen LogP contribution >= 0.6 is 0 Å². The molecule has 0 spiro atoms. The molecule has 0 N–H and O–H groups in total. The summed E-state index contributed by atoms with van der Waals surface area (Å²) in [6.07, 6.45) is 3.37. The van der Waals surface area contributed by atoms with Crippen LogP contribution in [-0.4, -0.2) is 19.4 Å². The summed E-state index contributed by atoms with van der Waals surface area (Å²) in [6, 6.07) is 9.61. The van der Waals surface area contributed by atoms with E-state index in [1.165, 1.54) is 6.08 Å². The maximum Gasteiger partial charge on any atom is 0.333 e. The average Bonchev–Trinajstić information content (AvgIpc) is 2.36. The molecule has 0 heterocycles. The van der Waals surface area contributed by atoms with Crippen molar-refractivity contribution in [3.63, 3.8) is 0 Å². The Balaban J connectivity index is 2.48. The Kier molecular flexibility index (Phi) is 6.15. The van der Waals surface area contributed by atoms with Gasteiger partial charge in [0.05, 0.1) is 0 Å². The third-order valence-corrected chi connectivity index (χ3v) is 2.39. The molecule has 18 heavy (non-hydrogen) atoms. The molecule has 0 aromatic heterocycles. The minimum atomic E-state index is -0.474. The lowest BCUT2D eigenvalue weighted by Gasteiger charge is -2.16. The summed E-state index contributed by atoms with van der Waals surface area (Å²) in [6.45, 7) is 4.11. The second-order valence-electron chi connectivity index (χ2n) is 4.48. The molecule has 0 aliphatic carbocycles. The van der Waals surface area contributed by atoms with Crippen LogP contribution in [0, 0.1) is 5.92 Å². The van der Waals surface area contributed by atoms with Gasteiger partial charge in [-0.2, -0.15) is 0 Å². The molecule has 1 atom stereocenters. The zero-order chi connectivity index (χ0) is 13.4. The summed E-state index contributed by atoms with van der Waals surface area (Å²) in [5, 5.41) is 0. The highest BCUT2D eigenvalue weighted by molar-refractivity contribution is 5.87. The van der Waals surface area contributed by atoms with Gasteiger partial charge in [-0.05, 0) is 17.6 Å². The average molecular weight is 248 g/mol. The number of rotatable bonds is 6. The van der Waals surface area contributed by atoms with Crippen LogP contribution in [0.25, 0.3) is 6.08 Å². The third kappa shape index (κ3) is 5.64. The van der Waals surface area contributed by atoms with E-state index in [2.05, 4.69) is 13.8 Å². The molecule has 1 aromatic carbocycles. The highest BCUT2D eigenvalue weighted by atomic mass is 16.7. The normalized spacial score (nSPS) is 12.9. The van der Waals surface area contributed by atoms with Crippen LogP contribution in [0.3, 0.4) is 0 Å². The first-order valence-corrected chi connectivity index (χ1v) is 6.08. The summed E-state index contributed by atoms with van der Waals surface area (Å²) in [4.78, 5) is 11.6. The molecule has 0 radical (unpaired) electrons. The largest absolute Gasteiger partial charge is 0.433 e. The molecule has 0 bridgehead atoms. The summed E-state index contributed by atoms with van der Waals surface area (Å²) in [7, 11) is 1.54. The van der Waals surface area contributed by atoms with E-state index in [1.807, 2.05) is 30.3 Å². The topological polar surface area (TPSA) is 35.5 Å². The SMILES string of the molecule is COC(CC(C)C)OC(=O)/C=C/c1ccccc1. The number of ether oxygens (including phenoxy) is 2. The Labute approximate surface area is 108 Å². The summed E-state index contributed by atoms with van der Waals surface area (Å²) in [5.74, 6) is 0.0344. The molecule has 0 fully saturated rings. The van der Waals surface area contributed by atoms with E-state index < -0.39 is 6.29 Å². The van der Waals surface area contributed by atoms with Crippen LogP contribution in [0.15, 0.2) is 36.4 Å². The van der Waals surface area contributed by atoms with E-state index in [-0.39, 0.29) is 5.97 Å². The fourth-order valence-corrected chi connectivity index (χ4v) is 1.47. The van der Waals surface area contributed by atoms with Gasteiger partial charge in [-0.25, -0.2) is 4.79 Å². The standard InChI is InChI=1S/C15H20O3/c1-12(2)11-15(17-3)18-14(16)10-9-13-7-5-4-6-8-13/h4-10,12,15H,11H2,1-3H3/b10-9+. The summed E-state index contributed by atoms with van der Waals surface area (Å²) >= 11 is 0. The van der Waals surface area contributed by atoms with Crippen molar-refractivity contribution in [2.24, 2.45) is 5.92 Å². The predicted octanol–water partition coefficient (Wildman–Crippen LogP) is 3.26. The van der Waals surface area contributed by atoms with E-state index in [1.54, 1.807) is 13.2 Å². The molecule has 3 heteroatoms. The van der Waals surface area contributed by atoms with Crippen molar-refractivity contribution in [3.8, 4) is 0 Å². The lowest BCUT2D eigenvalue weighted by Crippen LogP contribution is -2.20. The molecule has 0 aliphatic rings. The number of esters is 1. The predicted molar refractivity (Wildman–Crippen MR) is 71.8 cm³/mol. The maximum atomic E-state index is 11.6. The fourth-order valence-electron chi connectivity index (χ4n) is 1.47. The van der Waals surface area contributed by atoms with Gasteiger partial charge < -0.3 is 9.47 Å². The van der Waals surface area contributed by atoms with Gasteiger partial charge in [0.25, 0.3) is 0 Å². The molecule has 0 saturated carbocycles. The first kappa shape index (κ1) is 14.5. The van der Waals surface area contributed by atoms with Crippen molar-refractivity contribution in [2.75, 3.05) is 7.11 Å². The van der Waals surface area contributed by atoms with Crippen molar-refractivity contribution >= 4 is 12.0 Å². The fraction of sp³-hybridized carbons (Fsp3) is 0.400. The molecule has 3 nitrogen and oxygen atoms in total. The third-order valence-electron chi connectivity index (χ3n) is 2.39. The number of carbonyl (C=O) groups is 1. The molecular weight excluding hydrogens is 228 g/mol. The van der Waals surface area contributed by atoms with Gasteiger partial charge in [0.15, 0.2) is 0 Å². The number of methoxy groups -OCH3 is 1. The highest BCUT2D eigenvalue weighted by Gasteiger charge is 2.13. The van der Waals surface area contributed by atoms with Crippen LogP contribution in [0.1, 0.15) is 25.8 Å². The van der Waals surface area contributed by atoms with E-state index in [4.69, 9.17) is 9.47 Å². The van der Waals surface area contributed by atoms with Crippen molar-refractivity contribution in [1.82, 2.24) is 0 Å². The molecule has 0 aliphatic heterocycles. The van der Waals surface area contributed by atoms with E-state index in [9.17, 15) is 4.79 Å². The smallest absolute Gasteiger partial charge is 0.333 e. The van der Waals surface area contributed by atoms with Gasteiger partial charge in [-0.3, -0.25) is 0 Å². The van der Waals surface area contributed by atoms with E-state index >= 15 is 0 Å². The quantitative estimate of drug-likeness (QED) is 0.440. The number of benzene rings is 1. The first-order valence-electron chi connectivity index (χ1n) is 6.08. The van der Waals surface area contributed by atoms with Crippen molar-refractivity contribution in [1.29, 1.82) is 0 Å². The summed E-state index contributed by atoms with van der Waals surface area (Å²) in [5.41, 5.74) is 0.965. The van der Waals surface area contributed by atoms with Crippen molar-refractivity contribution in [2.45, 2.75) is 26.6 Å². The second kappa shape index (κ2) is 7.67. The minimum absolute atomic E-state index is 0.383. The monoisotopic (exact) mass is 248 g/mol. The molecule has 1 unspecified atom stereocenters. The maximum absolute atomic E-state index is 11.6. The summed E-state index contributed by atoms with van der Waals surface area (Å²) < 4.78 is 10.3. The second-order valence-corrected chi connectivity index (χ2v) is 4.48. The van der Waals surface area contributed by atoms with Crippen LogP contribution in [0.4, 0.5) is 0 Å². The molecule has 1 rings (SSSR count). The van der Waals surface area contributed by atoms with E-state index in [0.29, 0.717) is 12.3 Å². The Morgan fingerprint density at radius 1 is 1.28 bits per heavy atom. The highest BCUT2D eigenvalue weighted by Crippen LogP contribution is 2.09. The van der Waals surface area contributed by atoms with Crippen molar-refractivity contribution < 1.29 is 14.3 Å². The molecular formula is C15H20O3. The lowest BCUT2D eigenvalue weighted by molar-refractivity contribution is -0.170. The first-order chi connectivity index (χ1) is 8.61.